The van der Waals surface area contributed by atoms with E-state index in [2.05, 4.69) is 43.3 Å². The lowest BCUT2D eigenvalue weighted by atomic mass is 9.78. The van der Waals surface area contributed by atoms with Gasteiger partial charge in [-0.05, 0) is 50.0 Å². The molecule has 1 aromatic rings. The third-order valence-corrected chi connectivity index (χ3v) is 3.99. The number of ether oxygens (including phenoxy) is 1. The fourth-order valence-electron chi connectivity index (χ4n) is 2.83. The lowest BCUT2D eigenvalue weighted by molar-refractivity contribution is 0.233. The van der Waals surface area contributed by atoms with Crippen LogP contribution < -0.4 is 0 Å². The largest absolute Gasteiger partial charge is 0.381 e. The summed E-state index contributed by atoms with van der Waals surface area (Å²) in [5.41, 5.74) is 2.88. The van der Waals surface area contributed by atoms with Gasteiger partial charge in [-0.2, -0.15) is 0 Å². The number of hydrogen-bond acceptors (Lipinski definition) is 1. The first-order valence-electron chi connectivity index (χ1n) is 7.01. The molecule has 1 aromatic carbocycles. The third-order valence-electron chi connectivity index (χ3n) is 3.99. The molecule has 0 spiro atoms. The number of hydrogen-bond donors (Lipinski definition) is 0. The fourth-order valence-corrected chi connectivity index (χ4v) is 2.83. The summed E-state index contributed by atoms with van der Waals surface area (Å²) in [6, 6.07) is 9.09. The smallest absolute Gasteiger partial charge is 0.0643 e. The average molecular weight is 244 g/mol. The van der Waals surface area contributed by atoms with Crippen LogP contribution in [0.4, 0.5) is 0 Å². The predicted octanol–water partition coefficient (Wildman–Crippen LogP) is 4.47. The van der Waals surface area contributed by atoms with Crippen LogP contribution in [0, 0.1) is 12.8 Å². The predicted molar refractivity (Wildman–Crippen MR) is 76.9 cm³/mol. The highest BCUT2D eigenvalue weighted by Gasteiger charge is 2.20. The quantitative estimate of drug-likeness (QED) is 0.710. The minimum Gasteiger partial charge on any atom is -0.381 e. The van der Waals surface area contributed by atoms with E-state index < -0.39 is 0 Å². The highest BCUT2D eigenvalue weighted by atomic mass is 16.5. The molecule has 0 aromatic heterocycles. The van der Waals surface area contributed by atoms with Crippen molar-refractivity contribution >= 4 is 0 Å². The molecular weight excluding hydrogens is 220 g/mol. The normalized spacial score (nSPS) is 24.6. The Kier molecular flexibility index (Phi) is 5.00. The van der Waals surface area contributed by atoms with E-state index in [1.807, 2.05) is 0 Å². The number of methoxy groups -OCH3 is 1. The second-order valence-electron chi connectivity index (χ2n) is 5.41. The lowest BCUT2D eigenvalue weighted by Gasteiger charge is -2.27. The molecule has 0 heterocycles. The molecule has 0 bridgehead atoms. The topological polar surface area (TPSA) is 9.23 Å². The van der Waals surface area contributed by atoms with Crippen molar-refractivity contribution in [3.63, 3.8) is 0 Å². The van der Waals surface area contributed by atoms with Crippen LogP contribution in [0.1, 0.15) is 42.7 Å². The molecule has 0 aliphatic heterocycles. The summed E-state index contributed by atoms with van der Waals surface area (Å²) in [5, 5.41) is 0. The first-order valence-corrected chi connectivity index (χ1v) is 7.01. The number of allylic oxidation sites excluding steroid dienone is 1. The molecule has 1 fully saturated rings. The van der Waals surface area contributed by atoms with Crippen LogP contribution in [0.2, 0.25) is 0 Å². The highest BCUT2D eigenvalue weighted by Crippen LogP contribution is 2.36. The minimum absolute atomic E-state index is 0.748. The summed E-state index contributed by atoms with van der Waals surface area (Å²) >= 11 is 0. The average Bonchev–Trinajstić information content (AvgIpc) is 2.41. The molecule has 1 nitrogen and oxygen atoms in total. The minimum atomic E-state index is 0.748. The Balaban J connectivity index is 1.84. The van der Waals surface area contributed by atoms with Crippen molar-refractivity contribution in [1.29, 1.82) is 0 Å². The summed E-state index contributed by atoms with van der Waals surface area (Å²) in [5.74, 6) is 1.54. The molecular formula is C17H24O. The van der Waals surface area contributed by atoms with Crippen LogP contribution in [0.3, 0.4) is 0 Å². The molecule has 0 atom stereocenters. The molecule has 98 valence electrons. The zero-order chi connectivity index (χ0) is 12.8. The number of benzene rings is 1. The number of aryl methyl sites for hydroxylation is 1. The molecule has 0 saturated heterocycles. The summed E-state index contributed by atoms with van der Waals surface area (Å²) in [6.45, 7) is 2.90. The number of rotatable bonds is 4. The van der Waals surface area contributed by atoms with Crippen LogP contribution in [0.15, 0.2) is 36.4 Å². The van der Waals surface area contributed by atoms with Gasteiger partial charge in [0.15, 0.2) is 0 Å². The van der Waals surface area contributed by atoms with Gasteiger partial charge >= 0.3 is 0 Å². The van der Waals surface area contributed by atoms with Crippen LogP contribution >= 0.6 is 0 Å². The van der Waals surface area contributed by atoms with Gasteiger partial charge in [0.05, 0.1) is 6.61 Å². The Morgan fingerprint density at radius 2 is 1.78 bits per heavy atom. The van der Waals surface area contributed by atoms with E-state index in [-0.39, 0.29) is 0 Å². The van der Waals surface area contributed by atoms with Crippen molar-refractivity contribution in [2.24, 2.45) is 5.92 Å². The first kappa shape index (κ1) is 13.4. The Bertz CT molecular complexity index is 369. The second-order valence-corrected chi connectivity index (χ2v) is 5.41. The van der Waals surface area contributed by atoms with E-state index in [1.165, 1.54) is 36.8 Å². The monoisotopic (exact) mass is 244 g/mol. The van der Waals surface area contributed by atoms with Crippen LogP contribution in [0.5, 0.6) is 0 Å². The van der Waals surface area contributed by atoms with Crippen molar-refractivity contribution in [3.8, 4) is 0 Å². The Morgan fingerprint density at radius 1 is 1.11 bits per heavy atom. The van der Waals surface area contributed by atoms with E-state index >= 15 is 0 Å². The zero-order valence-corrected chi connectivity index (χ0v) is 11.6. The molecule has 0 amide bonds. The fraction of sp³-hybridized carbons (Fsp3) is 0.529. The van der Waals surface area contributed by atoms with Crippen molar-refractivity contribution < 1.29 is 4.74 Å². The summed E-state index contributed by atoms with van der Waals surface area (Å²) in [7, 11) is 1.75. The van der Waals surface area contributed by atoms with Gasteiger partial charge in [0, 0.05) is 7.11 Å². The van der Waals surface area contributed by atoms with E-state index in [0.717, 1.165) is 18.4 Å². The van der Waals surface area contributed by atoms with Crippen LogP contribution in [-0.2, 0) is 4.74 Å². The van der Waals surface area contributed by atoms with Crippen molar-refractivity contribution in [2.45, 2.75) is 38.5 Å². The maximum atomic E-state index is 5.05. The van der Waals surface area contributed by atoms with Crippen molar-refractivity contribution in [1.82, 2.24) is 0 Å². The summed E-state index contributed by atoms with van der Waals surface area (Å²) in [4.78, 5) is 0. The summed E-state index contributed by atoms with van der Waals surface area (Å²) in [6.07, 6.45) is 9.79. The maximum Gasteiger partial charge on any atom is 0.0643 e. The van der Waals surface area contributed by atoms with Crippen LogP contribution in [0.25, 0.3) is 0 Å². The molecule has 1 saturated carbocycles. The Morgan fingerprint density at radius 3 is 2.39 bits per heavy atom. The highest BCUT2D eigenvalue weighted by molar-refractivity contribution is 5.25. The maximum absolute atomic E-state index is 5.05. The lowest BCUT2D eigenvalue weighted by Crippen LogP contribution is -2.11. The van der Waals surface area contributed by atoms with Crippen molar-refractivity contribution in [2.75, 3.05) is 13.7 Å². The Hall–Kier alpha value is -1.08. The molecule has 1 aliphatic rings. The van der Waals surface area contributed by atoms with E-state index in [9.17, 15) is 0 Å². The van der Waals surface area contributed by atoms with Gasteiger partial charge in [0.1, 0.15) is 0 Å². The SMILES string of the molecule is COC/C=C/C1CCC(c2ccc(C)cc2)CC1. The third kappa shape index (κ3) is 3.71. The zero-order valence-electron chi connectivity index (χ0n) is 11.6. The first-order chi connectivity index (χ1) is 8.79. The molecule has 2 rings (SSSR count). The van der Waals surface area contributed by atoms with Gasteiger partial charge in [-0.3, -0.25) is 0 Å². The molecule has 0 unspecified atom stereocenters. The second kappa shape index (κ2) is 6.75. The van der Waals surface area contributed by atoms with Gasteiger partial charge in [0.2, 0.25) is 0 Å². The van der Waals surface area contributed by atoms with E-state index in [0.29, 0.717) is 0 Å². The van der Waals surface area contributed by atoms with E-state index in [1.54, 1.807) is 7.11 Å². The Labute approximate surface area is 111 Å². The molecule has 0 radical (unpaired) electrons. The van der Waals surface area contributed by atoms with Crippen LogP contribution in [-0.4, -0.2) is 13.7 Å². The molecule has 0 N–H and O–H groups in total. The van der Waals surface area contributed by atoms with Gasteiger partial charge < -0.3 is 4.74 Å². The van der Waals surface area contributed by atoms with Gasteiger partial charge in [-0.25, -0.2) is 0 Å². The summed E-state index contributed by atoms with van der Waals surface area (Å²) < 4.78 is 5.05. The molecule has 1 aliphatic carbocycles. The molecule has 1 heteroatoms. The standard InChI is InChI=1S/C17H24O/c1-14-5-9-16(10-6-14)17-11-7-15(8-12-17)4-3-13-18-2/h3-6,9-10,15,17H,7-8,11-13H2,1-2H3/b4-3+. The van der Waals surface area contributed by atoms with Crippen molar-refractivity contribution in [3.05, 3.63) is 47.5 Å². The van der Waals surface area contributed by atoms with Gasteiger partial charge in [-0.1, -0.05) is 42.0 Å². The van der Waals surface area contributed by atoms with Gasteiger partial charge in [-0.15, -0.1) is 0 Å². The van der Waals surface area contributed by atoms with Gasteiger partial charge in [0.25, 0.3) is 0 Å². The van der Waals surface area contributed by atoms with E-state index in [4.69, 9.17) is 4.74 Å². The molecule has 18 heavy (non-hydrogen) atoms.